The normalized spacial score (nSPS) is 11.8. The van der Waals surface area contributed by atoms with Crippen LogP contribution >= 0.6 is 0 Å². The molecule has 0 aromatic heterocycles. The van der Waals surface area contributed by atoms with Crippen molar-refractivity contribution in [3.8, 4) is 33.4 Å². The molecule has 0 saturated carbocycles. The van der Waals surface area contributed by atoms with Gasteiger partial charge in [0.25, 0.3) is 0 Å². The molecule has 9 aromatic carbocycles. The number of fused-ring (bicyclic) bond motifs is 8. The molecule has 0 aliphatic carbocycles. The van der Waals surface area contributed by atoms with Crippen molar-refractivity contribution >= 4 is 53.9 Å². The second-order valence-corrected chi connectivity index (χ2v) is 18.4. The first-order valence-corrected chi connectivity index (χ1v) is 24.0. The smallest absolute Gasteiger partial charge is 0.00928 e. The zero-order valence-corrected chi connectivity index (χ0v) is 37.8. The van der Waals surface area contributed by atoms with Crippen LogP contribution < -0.4 is 0 Å². The molecule has 0 heteroatoms. The fraction of sp³-hybridized carbons (Fsp3) is 0.290. The van der Waals surface area contributed by atoms with Gasteiger partial charge in [-0.1, -0.05) is 187 Å². The third kappa shape index (κ3) is 8.94. The van der Waals surface area contributed by atoms with E-state index >= 15 is 0 Å². The van der Waals surface area contributed by atoms with Crippen molar-refractivity contribution < 1.29 is 0 Å². The SMILES string of the molecule is CCCCCCCCc1cc(-c2cc(-c3ccc4cc5cc(C)ccc5cc4c3)cc(-c3ccc4c5ccccc5c5ccccc5c4c3)c2)c(CCCCCCCC)cc1C. The molecule has 0 aliphatic rings. The second-order valence-electron chi connectivity index (χ2n) is 18.4. The molecule has 0 nitrogen and oxygen atoms in total. The van der Waals surface area contributed by atoms with Crippen LogP contribution in [0.25, 0.3) is 87.2 Å². The predicted molar refractivity (Wildman–Crippen MR) is 274 cm³/mol. The Morgan fingerprint density at radius 2 is 0.790 bits per heavy atom. The molecule has 0 unspecified atom stereocenters. The van der Waals surface area contributed by atoms with Gasteiger partial charge in [0, 0.05) is 0 Å². The van der Waals surface area contributed by atoms with Crippen molar-refractivity contribution in [3.63, 3.8) is 0 Å². The van der Waals surface area contributed by atoms with E-state index in [0.29, 0.717) is 0 Å². The molecule has 62 heavy (non-hydrogen) atoms. The summed E-state index contributed by atoms with van der Waals surface area (Å²) in [6.07, 6.45) is 18.1. The van der Waals surface area contributed by atoms with Crippen LogP contribution in [0.2, 0.25) is 0 Å². The zero-order chi connectivity index (χ0) is 42.4. The fourth-order valence-electron chi connectivity index (χ4n) is 10.2. The van der Waals surface area contributed by atoms with Gasteiger partial charge in [-0.3, -0.25) is 0 Å². The minimum Gasteiger partial charge on any atom is -0.0654 e. The van der Waals surface area contributed by atoms with E-state index in [1.54, 1.807) is 0 Å². The lowest BCUT2D eigenvalue weighted by atomic mass is 9.86. The van der Waals surface area contributed by atoms with E-state index in [1.807, 2.05) is 0 Å². The average Bonchev–Trinajstić information content (AvgIpc) is 3.30. The molecule has 0 saturated heterocycles. The van der Waals surface area contributed by atoms with Gasteiger partial charge in [-0.2, -0.15) is 0 Å². The summed E-state index contributed by atoms with van der Waals surface area (Å²) < 4.78 is 0. The largest absolute Gasteiger partial charge is 0.0654 e. The number of benzene rings is 9. The Bertz CT molecular complexity index is 2980. The van der Waals surface area contributed by atoms with Gasteiger partial charge in [-0.05, 0) is 186 Å². The molecule has 0 radical (unpaired) electrons. The van der Waals surface area contributed by atoms with Crippen molar-refractivity contribution in [3.05, 3.63) is 168 Å². The highest BCUT2D eigenvalue weighted by molar-refractivity contribution is 6.25. The molecule has 9 aromatic rings. The van der Waals surface area contributed by atoms with Crippen LogP contribution in [-0.4, -0.2) is 0 Å². The Labute approximate surface area is 371 Å². The van der Waals surface area contributed by atoms with Gasteiger partial charge in [-0.15, -0.1) is 0 Å². The summed E-state index contributed by atoms with van der Waals surface area (Å²) in [4.78, 5) is 0. The molecule has 0 bridgehead atoms. The van der Waals surface area contributed by atoms with Gasteiger partial charge in [0.2, 0.25) is 0 Å². The van der Waals surface area contributed by atoms with Gasteiger partial charge in [0.1, 0.15) is 0 Å². The third-order valence-electron chi connectivity index (χ3n) is 13.8. The number of rotatable bonds is 17. The molecule has 0 spiro atoms. The molecule has 0 atom stereocenters. The summed E-state index contributed by atoms with van der Waals surface area (Å²) in [5, 5.41) is 13.1. The minimum atomic E-state index is 1.12. The maximum absolute atomic E-state index is 2.60. The van der Waals surface area contributed by atoms with E-state index in [9.17, 15) is 0 Å². The van der Waals surface area contributed by atoms with Gasteiger partial charge in [-0.25, -0.2) is 0 Å². The summed E-state index contributed by atoms with van der Waals surface area (Å²) in [5.74, 6) is 0. The number of unbranched alkanes of at least 4 members (excludes halogenated alkanes) is 10. The van der Waals surface area contributed by atoms with E-state index in [1.165, 1.54) is 187 Å². The maximum atomic E-state index is 2.60. The topological polar surface area (TPSA) is 0 Å². The first-order valence-electron chi connectivity index (χ1n) is 24.0. The van der Waals surface area contributed by atoms with E-state index < -0.39 is 0 Å². The third-order valence-corrected chi connectivity index (χ3v) is 13.8. The summed E-state index contributed by atoms with van der Waals surface area (Å²) in [7, 11) is 0. The Balaban J connectivity index is 1.20. The Morgan fingerprint density at radius 3 is 1.42 bits per heavy atom. The zero-order valence-electron chi connectivity index (χ0n) is 37.8. The summed E-state index contributed by atoms with van der Waals surface area (Å²) in [6, 6.07) is 56.4. The lowest BCUT2D eigenvalue weighted by molar-refractivity contribution is 0.605. The van der Waals surface area contributed by atoms with E-state index in [0.717, 1.165) is 12.8 Å². The van der Waals surface area contributed by atoms with Crippen LogP contribution in [0.15, 0.2) is 146 Å². The number of aryl methyl sites for hydroxylation is 4. The standard InChI is InChI=1S/C62H64/c1-5-7-9-11-13-15-21-45-41-61(50(34-44(45)4)22-16-14-12-10-8-6-2)55-39-53(48-30-29-47-35-51-33-43(3)27-28-46(51)36-52(47)37-48)38-54(40-55)49-31-32-60-58-25-18-17-23-56(58)57-24-19-20-26-59(57)62(60)42-49/h17-20,23-42H,5-16,21-22H2,1-4H3. The summed E-state index contributed by atoms with van der Waals surface area (Å²) in [5.41, 5.74) is 13.6. The maximum Gasteiger partial charge on any atom is -0.00928 e. The van der Waals surface area contributed by atoms with Crippen LogP contribution in [0.3, 0.4) is 0 Å². The van der Waals surface area contributed by atoms with Crippen LogP contribution in [0.1, 0.15) is 113 Å². The molecule has 312 valence electrons. The monoisotopic (exact) mass is 809 g/mol. The van der Waals surface area contributed by atoms with Crippen LogP contribution in [0.4, 0.5) is 0 Å². The van der Waals surface area contributed by atoms with Crippen LogP contribution in [-0.2, 0) is 12.8 Å². The van der Waals surface area contributed by atoms with E-state index in [2.05, 4.69) is 173 Å². The van der Waals surface area contributed by atoms with E-state index in [-0.39, 0.29) is 0 Å². The first-order chi connectivity index (χ1) is 30.5. The van der Waals surface area contributed by atoms with Crippen LogP contribution in [0.5, 0.6) is 0 Å². The molecule has 0 heterocycles. The Morgan fingerprint density at radius 1 is 0.306 bits per heavy atom. The quantitative estimate of drug-likeness (QED) is 0.0488. The highest BCUT2D eigenvalue weighted by Crippen LogP contribution is 2.41. The average molecular weight is 809 g/mol. The Hall–Kier alpha value is -5.72. The second kappa shape index (κ2) is 19.1. The molecule has 0 N–H and O–H groups in total. The van der Waals surface area contributed by atoms with Gasteiger partial charge >= 0.3 is 0 Å². The Kier molecular flexibility index (Phi) is 12.8. The van der Waals surface area contributed by atoms with Crippen molar-refractivity contribution in [2.75, 3.05) is 0 Å². The molecule has 0 fully saturated rings. The first kappa shape index (κ1) is 41.6. The molecular formula is C62H64. The highest BCUT2D eigenvalue weighted by Gasteiger charge is 2.16. The predicted octanol–water partition coefficient (Wildman–Crippen LogP) is 18.9. The van der Waals surface area contributed by atoms with Crippen molar-refractivity contribution in [1.29, 1.82) is 0 Å². The minimum absolute atomic E-state index is 1.12. The summed E-state index contributed by atoms with van der Waals surface area (Å²) in [6.45, 7) is 9.17. The van der Waals surface area contributed by atoms with Crippen molar-refractivity contribution in [1.82, 2.24) is 0 Å². The van der Waals surface area contributed by atoms with E-state index in [4.69, 9.17) is 0 Å². The fourth-order valence-corrected chi connectivity index (χ4v) is 10.2. The lowest BCUT2D eigenvalue weighted by Crippen LogP contribution is -1.99. The highest BCUT2D eigenvalue weighted by atomic mass is 14.2. The van der Waals surface area contributed by atoms with Crippen molar-refractivity contribution in [2.45, 2.75) is 118 Å². The number of hydrogen-bond donors (Lipinski definition) is 0. The molecule has 0 aliphatic heterocycles. The molecular weight excluding hydrogens is 745 g/mol. The summed E-state index contributed by atoms with van der Waals surface area (Å²) >= 11 is 0. The number of hydrogen-bond acceptors (Lipinski definition) is 0. The molecule has 0 amide bonds. The molecule has 9 rings (SSSR count). The van der Waals surface area contributed by atoms with Crippen molar-refractivity contribution in [2.24, 2.45) is 0 Å². The van der Waals surface area contributed by atoms with Gasteiger partial charge < -0.3 is 0 Å². The lowest BCUT2D eigenvalue weighted by Gasteiger charge is -2.18. The van der Waals surface area contributed by atoms with Crippen LogP contribution in [0, 0.1) is 13.8 Å². The van der Waals surface area contributed by atoms with Gasteiger partial charge in [0.05, 0.1) is 0 Å². The van der Waals surface area contributed by atoms with Gasteiger partial charge in [0.15, 0.2) is 0 Å².